The SMILES string of the molecule is Cc1ccc(S(=O)(=O)O[C@@H](CO)[C@@]2(C)CCCCO2)cc1. The number of ether oxygens (including phenoxy) is 1. The summed E-state index contributed by atoms with van der Waals surface area (Å²) in [7, 11) is -3.92. The number of hydrogen-bond donors (Lipinski definition) is 1. The smallest absolute Gasteiger partial charge is 0.297 e. The van der Waals surface area contributed by atoms with Crippen LogP contribution in [0, 0.1) is 6.92 Å². The summed E-state index contributed by atoms with van der Waals surface area (Å²) in [6.45, 7) is 3.82. The molecule has 0 aromatic heterocycles. The van der Waals surface area contributed by atoms with Crippen molar-refractivity contribution in [3.05, 3.63) is 29.8 Å². The van der Waals surface area contributed by atoms with E-state index >= 15 is 0 Å². The maximum atomic E-state index is 12.3. The number of rotatable bonds is 5. The Morgan fingerprint density at radius 1 is 1.33 bits per heavy atom. The van der Waals surface area contributed by atoms with Crippen LogP contribution in [0.5, 0.6) is 0 Å². The Morgan fingerprint density at radius 2 is 2.00 bits per heavy atom. The molecule has 0 spiro atoms. The third-order valence-corrected chi connectivity index (χ3v) is 5.23. The molecule has 1 aromatic carbocycles. The van der Waals surface area contributed by atoms with Crippen LogP contribution >= 0.6 is 0 Å². The minimum atomic E-state index is -3.92. The molecule has 6 heteroatoms. The van der Waals surface area contributed by atoms with Crippen LogP contribution in [0.2, 0.25) is 0 Å². The van der Waals surface area contributed by atoms with Crippen LogP contribution in [-0.4, -0.2) is 38.4 Å². The summed E-state index contributed by atoms with van der Waals surface area (Å²) in [5.41, 5.74) is 0.195. The molecule has 0 unspecified atom stereocenters. The molecular formula is C15H22O5S. The first-order valence-corrected chi connectivity index (χ1v) is 8.53. The molecule has 1 aliphatic rings. The first-order chi connectivity index (χ1) is 9.87. The molecule has 1 heterocycles. The zero-order valence-corrected chi connectivity index (χ0v) is 13.2. The number of aryl methyl sites for hydroxylation is 1. The normalized spacial score (nSPS) is 24.7. The lowest BCUT2D eigenvalue weighted by Crippen LogP contribution is -2.48. The van der Waals surface area contributed by atoms with E-state index in [1.807, 2.05) is 6.92 Å². The lowest BCUT2D eigenvalue weighted by Gasteiger charge is -2.38. The van der Waals surface area contributed by atoms with Crippen LogP contribution in [-0.2, 0) is 19.0 Å². The fourth-order valence-electron chi connectivity index (χ4n) is 2.45. The van der Waals surface area contributed by atoms with E-state index in [0.717, 1.165) is 18.4 Å². The van der Waals surface area contributed by atoms with Crippen molar-refractivity contribution >= 4 is 10.1 Å². The molecule has 2 atom stereocenters. The average Bonchev–Trinajstić information content (AvgIpc) is 2.46. The van der Waals surface area contributed by atoms with E-state index in [0.29, 0.717) is 13.0 Å². The highest BCUT2D eigenvalue weighted by Crippen LogP contribution is 2.31. The molecule has 1 fully saturated rings. The van der Waals surface area contributed by atoms with Crippen molar-refractivity contribution in [1.29, 1.82) is 0 Å². The van der Waals surface area contributed by atoms with Gasteiger partial charge in [0, 0.05) is 6.61 Å². The van der Waals surface area contributed by atoms with E-state index in [9.17, 15) is 13.5 Å². The van der Waals surface area contributed by atoms with E-state index in [1.54, 1.807) is 19.1 Å². The monoisotopic (exact) mass is 314 g/mol. The topological polar surface area (TPSA) is 72.8 Å². The van der Waals surface area contributed by atoms with Crippen LogP contribution in [0.3, 0.4) is 0 Å². The molecule has 1 saturated heterocycles. The maximum absolute atomic E-state index is 12.3. The van der Waals surface area contributed by atoms with Gasteiger partial charge in [-0.3, -0.25) is 4.18 Å². The van der Waals surface area contributed by atoms with Gasteiger partial charge in [0.2, 0.25) is 0 Å². The Kier molecular flexibility index (Phi) is 5.03. The van der Waals surface area contributed by atoms with Crippen molar-refractivity contribution in [2.75, 3.05) is 13.2 Å². The highest BCUT2D eigenvalue weighted by Gasteiger charge is 2.40. The number of hydrogen-bond acceptors (Lipinski definition) is 5. The molecule has 2 rings (SSSR count). The van der Waals surface area contributed by atoms with Gasteiger partial charge >= 0.3 is 0 Å². The minimum Gasteiger partial charge on any atom is -0.394 e. The van der Waals surface area contributed by atoms with E-state index in [2.05, 4.69) is 0 Å². The largest absolute Gasteiger partial charge is 0.394 e. The zero-order chi connectivity index (χ0) is 15.5. The average molecular weight is 314 g/mol. The Balaban J connectivity index is 2.18. The second-order valence-corrected chi connectivity index (χ2v) is 7.22. The van der Waals surface area contributed by atoms with E-state index in [4.69, 9.17) is 8.92 Å². The van der Waals surface area contributed by atoms with Crippen LogP contribution in [0.15, 0.2) is 29.2 Å². The van der Waals surface area contributed by atoms with Gasteiger partial charge in [0.25, 0.3) is 10.1 Å². The zero-order valence-electron chi connectivity index (χ0n) is 12.4. The van der Waals surface area contributed by atoms with Crippen molar-refractivity contribution in [2.24, 2.45) is 0 Å². The molecule has 1 N–H and O–H groups in total. The van der Waals surface area contributed by atoms with Gasteiger partial charge in [-0.1, -0.05) is 17.7 Å². The summed E-state index contributed by atoms with van der Waals surface area (Å²) in [4.78, 5) is 0.0889. The first kappa shape index (κ1) is 16.4. The van der Waals surface area contributed by atoms with Crippen LogP contribution < -0.4 is 0 Å². The molecule has 1 aliphatic heterocycles. The molecule has 0 saturated carbocycles. The summed E-state index contributed by atoms with van der Waals surface area (Å²) >= 11 is 0. The van der Waals surface area contributed by atoms with Gasteiger partial charge in [-0.15, -0.1) is 0 Å². The van der Waals surface area contributed by atoms with Gasteiger partial charge in [0.15, 0.2) is 0 Å². The number of aliphatic hydroxyl groups excluding tert-OH is 1. The van der Waals surface area contributed by atoms with Crippen LogP contribution in [0.25, 0.3) is 0 Å². The highest BCUT2D eigenvalue weighted by molar-refractivity contribution is 7.86. The van der Waals surface area contributed by atoms with Crippen LogP contribution in [0.4, 0.5) is 0 Å². The van der Waals surface area contributed by atoms with Gasteiger partial charge < -0.3 is 9.84 Å². The fourth-order valence-corrected chi connectivity index (χ4v) is 3.60. The predicted octanol–water partition coefficient (Wildman–Crippen LogP) is 2.02. The van der Waals surface area contributed by atoms with Crippen molar-refractivity contribution in [3.63, 3.8) is 0 Å². The highest BCUT2D eigenvalue weighted by atomic mass is 32.2. The Labute approximate surface area is 126 Å². The van der Waals surface area contributed by atoms with Crippen molar-refractivity contribution in [1.82, 2.24) is 0 Å². The molecule has 0 bridgehead atoms. The molecule has 5 nitrogen and oxygen atoms in total. The predicted molar refractivity (Wildman–Crippen MR) is 78.5 cm³/mol. The van der Waals surface area contributed by atoms with Crippen molar-refractivity contribution in [3.8, 4) is 0 Å². The number of benzene rings is 1. The third-order valence-electron chi connectivity index (χ3n) is 3.90. The van der Waals surface area contributed by atoms with Crippen molar-refractivity contribution in [2.45, 2.75) is 49.7 Å². The quantitative estimate of drug-likeness (QED) is 0.842. The lowest BCUT2D eigenvalue weighted by atomic mass is 9.90. The summed E-state index contributed by atoms with van der Waals surface area (Å²) in [5.74, 6) is 0. The summed E-state index contributed by atoms with van der Waals surface area (Å²) < 4.78 is 35.5. The summed E-state index contributed by atoms with van der Waals surface area (Å²) in [5, 5.41) is 9.53. The molecule has 118 valence electrons. The Bertz CT molecular complexity index is 558. The van der Waals surface area contributed by atoms with Crippen molar-refractivity contribution < 1.29 is 22.4 Å². The second-order valence-electron chi connectivity index (χ2n) is 5.65. The minimum absolute atomic E-state index is 0.0889. The summed E-state index contributed by atoms with van der Waals surface area (Å²) in [6.07, 6.45) is 1.64. The lowest BCUT2D eigenvalue weighted by molar-refractivity contribution is -0.137. The number of aliphatic hydroxyl groups is 1. The maximum Gasteiger partial charge on any atom is 0.297 e. The Hall–Kier alpha value is -0.950. The molecule has 0 amide bonds. The molecule has 1 aromatic rings. The van der Waals surface area contributed by atoms with Gasteiger partial charge in [-0.2, -0.15) is 8.42 Å². The standard InChI is InChI=1S/C15H22O5S/c1-12-5-7-13(8-6-12)21(17,18)20-14(11-16)15(2)9-3-4-10-19-15/h5-8,14,16H,3-4,9-11H2,1-2H3/t14-,15+/m0/s1. The molecule has 21 heavy (non-hydrogen) atoms. The second kappa shape index (κ2) is 6.44. The van der Waals surface area contributed by atoms with Crippen LogP contribution in [0.1, 0.15) is 31.7 Å². The van der Waals surface area contributed by atoms with E-state index < -0.39 is 28.4 Å². The van der Waals surface area contributed by atoms with Gasteiger partial charge in [-0.05, 0) is 45.2 Å². The van der Waals surface area contributed by atoms with Gasteiger partial charge in [-0.25, -0.2) is 0 Å². The molecule has 0 radical (unpaired) electrons. The first-order valence-electron chi connectivity index (χ1n) is 7.12. The van der Waals surface area contributed by atoms with Gasteiger partial charge in [0.05, 0.1) is 17.1 Å². The molecule has 0 aliphatic carbocycles. The van der Waals surface area contributed by atoms with Gasteiger partial charge in [0.1, 0.15) is 6.10 Å². The van der Waals surface area contributed by atoms with E-state index in [-0.39, 0.29) is 4.90 Å². The summed E-state index contributed by atoms with van der Waals surface area (Å²) in [6, 6.07) is 6.43. The Morgan fingerprint density at radius 3 is 2.52 bits per heavy atom. The molecular weight excluding hydrogens is 292 g/mol. The van der Waals surface area contributed by atoms with E-state index in [1.165, 1.54) is 12.1 Å². The third kappa shape index (κ3) is 3.83. The fraction of sp³-hybridized carbons (Fsp3) is 0.600.